The summed E-state index contributed by atoms with van der Waals surface area (Å²) in [6, 6.07) is 0. The summed E-state index contributed by atoms with van der Waals surface area (Å²) < 4.78 is 10.2. The Morgan fingerprint density at radius 1 is 1.56 bits per heavy atom. The molecule has 0 aliphatic heterocycles. The van der Waals surface area contributed by atoms with Crippen molar-refractivity contribution in [3.8, 4) is 0 Å². The molecule has 0 aromatic heterocycles. The Hall–Kier alpha value is 0.150. The Morgan fingerprint density at radius 3 is 2.11 bits per heavy atom. The minimum atomic E-state index is -3.78. The van der Waals surface area contributed by atoms with Gasteiger partial charge in [-0.05, 0) is 12.3 Å². The number of hydrogen-bond acceptors (Lipinski definition) is 1. The molecule has 0 aliphatic carbocycles. The standard InChI is InChI=1S/C5H12O3P/c1-5(2)3-4-9(6,7)8/h3,5H,4H2,1-2H3,(H2,6,7,8). The average molecular weight is 151 g/mol. The van der Waals surface area contributed by atoms with Crippen molar-refractivity contribution >= 4 is 7.60 Å². The second-order valence-electron chi connectivity index (χ2n) is 2.33. The first-order valence-corrected chi connectivity index (χ1v) is 4.59. The zero-order valence-corrected chi connectivity index (χ0v) is 6.51. The molecule has 0 amide bonds. The molecule has 0 spiro atoms. The van der Waals surface area contributed by atoms with E-state index < -0.39 is 7.60 Å². The lowest BCUT2D eigenvalue weighted by Gasteiger charge is -2.04. The first kappa shape index (κ1) is 9.15. The van der Waals surface area contributed by atoms with Gasteiger partial charge in [-0.2, -0.15) is 0 Å². The molecule has 0 rings (SSSR count). The van der Waals surface area contributed by atoms with Crippen LogP contribution in [0, 0.1) is 12.3 Å². The third-order valence-electron chi connectivity index (χ3n) is 0.815. The molecule has 55 valence electrons. The van der Waals surface area contributed by atoms with Crippen molar-refractivity contribution < 1.29 is 14.4 Å². The van der Waals surface area contributed by atoms with Crippen LogP contribution in [0.25, 0.3) is 0 Å². The second kappa shape index (κ2) is 3.35. The van der Waals surface area contributed by atoms with Crippen molar-refractivity contribution in [2.75, 3.05) is 6.16 Å². The molecule has 0 saturated heterocycles. The Morgan fingerprint density at radius 2 is 2.00 bits per heavy atom. The van der Waals surface area contributed by atoms with E-state index in [9.17, 15) is 4.57 Å². The Balaban J connectivity index is 3.40. The highest BCUT2D eigenvalue weighted by molar-refractivity contribution is 7.51. The van der Waals surface area contributed by atoms with Gasteiger partial charge in [-0.25, -0.2) is 0 Å². The van der Waals surface area contributed by atoms with Crippen LogP contribution in [-0.2, 0) is 4.57 Å². The van der Waals surface area contributed by atoms with Crippen LogP contribution in [0.4, 0.5) is 0 Å². The molecule has 0 aromatic carbocycles. The van der Waals surface area contributed by atoms with Crippen LogP contribution >= 0.6 is 7.60 Å². The van der Waals surface area contributed by atoms with Gasteiger partial charge in [0.15, 0.2) is 0 Å². The van der Waals surface area contributed by atoms with Gasteiger partial charge in [-0.15, -0.1) is 0 Å². The SMILES string of the molecule is CC(C)[CH]CP(=O)(O)O. The highest BCUT2D eigenvalue weighted by Crippen LogP contribution is 2.35. The number of rotatable bonds is 3. The van der Waals surface area contributed by atoms with Crippen molar-refractivity contribution in [3.63, 3.8) is 0 Å². The monoisotopic (exact) mass is 151 g/mol. The van der Waals surface area contributed by atoms with Gasteiger partial charge in [0.05, 0.1) is 6.16 Å². The average Bonchev–Trinajstić information content (AvgIpc) is 1.59. The molecule has 0 saturated carbocycles. The molecular formula is C5H12O3P. The first-order chi connectivity index (χ1) is 3.92. The summed E-state index contributed by atoms with van der Waals surface area (Å²) in [5.74, 6) is 0.248. The van der Waals surface area contributed by atoms with Crippen molar-refractivity contribution in [2.45, 2.75) is 13.8 Å². The molecule has 0 fully saturated rings. The fourth-order valence-electron chi connectivity index (χ4n) is 0.348. The molecule has 4 heteroatoms. The van der Waals surface area contributed by atoms with E-state index in [2.05, 4.69) is 0 Å². The molecule has 0 bridgehead atoms. The maximum Gasteiger partial charge on any atom is 0.325 e. The van der Waals surface area contributed by atoms with Crippen LogP contribution in [-0.4, -0.2) is 15.9 Å². The van der Waals surface area contributed by atoms with Gasteiger partial charge in [0.25, 0.3) is 0 Å². The van der Waals surface area contributed by atoms with Crippen LogP contribution in [0.3, 0.4) is 0 Å². The lowest BCUT2D eigenvalue weighted by atomic mass is 10.2. The lowest BCUT2D eigenvalue weighted by Crippen LogP contribution is -1.94. The summed E-state index contributed by atoms with van der Waals surface area (Å²) >= 11 is 0. The molecule has 0 aromatic rings. The van der Waals surface area contributed by atoms with E-state index in [1.165, 1.54) is 0 Å². The van der Waals surface area contributed by atoms with Gasteiger partial charge in [-0.3, -0.25) is 4.57 Å². The summed E-state index contributed by atoms with van der Waals surface area (Å²) in [4.78, 5) is 16.7. The summed E-state index contributed by atoms with van der Waals surface area (Å²) in [6.45, 7) is 3.77. The normalized spacial score (nSPS) is 12.6. The fourth-order valence-corrected chi connectivity index (χ4v) is 1.04. The second-order valence-corrected chi connectivity index (χ2v) is 4.02. The van der Waals surface area contributed by atoms with Gasteiger partial charge in [0, 0.05) is 0 Å². The van der Waals surface area contributed by atoms with E-state index in [1.54, 1.807) is 6.42 Å². The first-order valence-electron chi connectivity index (χ1n) is 2.80. The van der Waals surface area contributed by atoms with E-state index in [-0.39, 0.29) is 12.1 Å². The van der Waals surface area contributed by atoms with Crippen molar-refractivity contribution in [1.82, 2.24) is 0 Å². The van der Waals surface area contributed by atoms with E-state index in [0.29, 0.717) is 0 Å². The minimum Gasteiger partial charge on any atom is -0.324 e. The maximum atomic E-state index is 10.2. The molecule has 0 aliphatic rings. The summed E-state index contributed by atoms with van der Waals surface area (Å²) in [5.41, 5.74) is 0. The van der Waals surface area contributed by atoms with Crippen molar-refractivity contribution in [2.24, 2.45) is 5.92 Å². The van der Waals surface area contributed by atoms with Gasteiger partial charge >= 0.3 is 7.60 Å². The van der Waals surface area contributed by atoms with Crippen LogP contribution < -0.4 is 0 Å². The smallest absolute Gasteiger partial charge is 0.324 e. The maximum absolute atomic E-state index is 10.2. The molecule has 3 nitrogen and oxygen atoms in total. The molecule has 2 N–H and O–H groups in total. The van der Waals surface area contributed by atoms with Crippen LogP contribution in [0.15, 0.2) is 0 Å². The molecule has 1 radical (unpaired) electrons. The fraction of sp³-hybridized carbons (Fsp3) is 0.800. The predicted octanol–water partition coefficient (Wildman–Crippen LogP) is 1.02. The molecule has 0 atom stereocenters. The van der Waals surface area contributed by atoms with Gasteiger partial charge in [0.2, 0.25) is 0 Å². The van der Waals surface area contributed by atoms with E-state index in [4.69, 9.17) is 9.79 Å². The Labute approximate surface area is 55.3 Å². The Bertz CT molecular complexity index is 115. The number of hydrogen-bond donors (Lipinski definition) is 2. The topological polar surface area (TPSA) is 57.5 Å². The molecule has 9 heavy (non-hydrogen) atoms. The van der Waals surface area contributed by atoms with Crippen molar-refractivity contribution in [3.05, 3.63) is 6.42 Å². The Kier molecular flexibility index (Phi) is 3.41. The summed E-state index contributed by atoms with van der Waals surface area (Å²) in [7, 11) is -3.78. The van der Waals surface area contributed by atoms with Crippen LogP contribution in [0.1, 0.15) is 13.8 Å². The van der Waals surface area contributed by atoms with Gasteiger partial charge < -0.3 is 9.79 Å². The molecular weight excluding hydrogens is 139 g/mol. The molecule has 0 unspecified atom stereocenters. The van der Waals surface area contributed by atoms with Crippen molar-refractivity contribution in [1.29, 1.82) is 0 Å². The van der Waals surface area contributed by atoms with Gasteiger partial charge in [0.1, 0.15) is 0 Å². The quantitative estimate of drug-likeness (QED) is 0.592. The lowest BCUT2D eigenvalue weighted by molar-refractivity contribution is 0.374. The van der Waals surface area contributed by atoms with E-state index in [0.717, 1.165) is 0 Å². The highest BCUT2D eigenvalue weighted by Gasteiger charge is 2.12. The summed E-state index contributed by atoms with van der Waals surface area (Å²) in [6.07, 6.45) is 1.51. The highest BCUT2D eigenvalue weighted by atomic mass is 31.2. The predicted molar refractivity (Wildman–Crippen MR) is 36.0 cm³/mol. The van der Waals surface area contributed by atoms with Crippen LogP contribution in [0.5, 0.6) is 0 Å². The minimum absolute atomic E-state index is 0.106. The summed E-state index contributed by atoms with van der Waals surface area (Å²) in [5, 5.41) is 0. The largest absolute Gasteiger partial charge is 0.325 e. The zero-order valence-electron chi connectivity index (χ0n) is 5.61. The molecule has 0 heterocycles. The van der Waals surface area contributed by atoms with Gasteiger partial charge in [-0.1, -0.05) is 13.8 Å². The zero-order chi connectivity index (χ0) is 7.49. The third kappa shape index (κ3) is 8.15. The van der Waals surface area contributed by atoms with Crippen LogP contribution in [0.2, 0.25) is 0 Å². The van der Waals surface area contributed by atoms with E-state index in [1.807, 2.05) is 13.8 Å². The van der Waals surface area contributed by atoms with E-state index >= 15 is 0 Å². The third-order valence-corrected chi connectivity index (χ3v) is 1.50.